The third-order valence-electron chi connectivity index (χ3n) is 1.48. The highest BCUT2D eigenvalue weighted by Gasteiger charge is 2.60. The molecule has 0 N–H and O–H groups in total. The van der Waals surface area contributed by atoms with Gasteiger partial charge in [0, 0.05) is 0 Å². The molecular formula is C6H8F6O6S2. The SMILES string of the molecule is CS(=O)(=O)OC(C(OS(C)(=O)=O)C(F)(F)F)C(F)(F)F. The van der Waals surface area contributed by atoms with E-state index in [1.54, 1.807) is 0 Å². The van der Waals surface area contributed by atoms with Crippen LogP contribution in [0.3, 0.4) is 0 Å². The topological polar surface area (TPSA) is 86.7 Å². The molecule has 0 aliphatic rings. The molecule has 122 valence electrons. The molecule has 0 aliphatic carbocycles. The first-order chi connectivity index (χ1) is 8.43. The maximum atomic E-state index is 12.4. The fourth-order valence-corrected chi connectivity index (χ4v) is 2.10. The van der Waals surface area contributed by atoms with Gasteiger partial charge in [0.15, 0.2) is 0 Å². The first-order valence-corrected chi connectivity index (χ1v) is 7.97. The lowest BCUT2D eigenvalue weighted by atomic mass is 10.2. The highest BCUT2D eigenvalue weighted by atomic mass is 32.2. The van der Waals surface area contributed by atoms with E-state index >= 15 is 0 Å². The van der Waals surface area contributed by atoms with Crippen molar-refractivity contribution in [3.05, 3.63) is 0 Å². The monoisotopic (exact) mass is 354 g/mol. The van der Waals surface area contributed by atoms with Crippen LogP contribution in [0.4, 0.5) is 26.3 Å². The van der Waals surface area contributed by atoms with Crippen LogP contribution in [0.1, 0.15) is 0 Å². The molecule has 2 atom stereocenters. The summed E-state index contributed by atoms with van der Waals surface area (Å²) in [6.07, 6.45) is -19.6. The summed E-state index contributed by atoms with van der Waals surface area (Å²) in [6, 6.07) is 0. The highest BCUT2D eigenvalue weighted by molar-refractivity contribution is 7.86. The van der Waals surface area contributed by atoms with Crippen LogP contribution in [0.25, 0.3) is 0 Å². The second kappa shape index (κ2) is 5.65. The summed E-state index contributed by atoms with van der Waals surface area (Å²) < 4.78 is 124. The molecule has 0 bridgehead atoms. The minimum absolute atomic E-state index is 0.0691. The summed E-state index contributed by atoms with van der Waals surface area (Å²) in [6.45, 7) is 0. The summed E-state index contributed by atoms with van der Waals surface area (Å²) in [4.78, 5) is 0. The molecule has 0 spiro atoms. The maximum absolute atomic E-state index is 12.4. The third-order valence-corrected chi connectivity index (χ3v) is 2.59. The number of alkyl halides is 6. The van der Waals surface area contributed by atoms with Crippen molar-refractivity contribution in [1.82, 2.24) is 0 Å². The standard InChI is InChI=1S/C6H8F6O6S2/c1-19(13,14)17-3(5(7,8)9)4(6(10,11)12)18-20(2,15)16/h3-4H,1-2H3. The van der Waals surface area contributed by atoms with E-state index in [2.05, 4.69) is 8.37 Å². The Morgan fingerprint density at radius 2 is 0.900 bits per heavy atom. The molecule has 20 heavy (non-hydrogen) atoms. The van der Waals surface area contributed by atoms with Crippen molar-refractivity contribution in [3.8, 4) is 0 Å². The summed E-state index contributed by atoms with van der Waals surface area (Å²) in [5, 5.41) is 0. The Morgan fingerprint density at radius 3 is 1.00 bits per heavy atom. The fourth-order valence-electron chi connectivity index (χ4n) is 0.930. The molecule has 0 amide bonds. The van der Waals surface area contributed by atoms with Gasteiger partial charge in [0.1, 0.15) is 0 Å². The average Bonchev–Trinajstić information content (AvgIpc) is 2.04. The van der Waals surface area contributed by atoms with E-state index in [1.807, 2.05) is 0 Å². The smallest absolute Gasteiger partial charge is 0.254 e. The highest BCUT2D eigenvalue weighted by Crippen LogP contribution is 2.36. The van der Waals surface area contributed by atoms with Crippen molar-refractivity contribution < 1.29 is 51.5 Å². The van der Waals surface area contributed by atoms with Crippen LogP contribution in [0.5, 0.6) is 0 Å². The molecule has 0 aliphatic heterocycles. The van der Waals surface area contributed by atoms with Gasteiger partial charge in [-0.05, 0) is 0 Å². The lowest BCUT2D eigenvalue weighted by Gasteiger charge is -2.28. The average molecular weight is 354 g/mol. The Hall–Kier alpha value is -0.600. The summed E-state index contributed by atoms with van der Waals surface area (Å²) in [7, 11) is -9.92. The minimum Gasteiger partial charge on any atom is -0.254 e. The van der Waals surface area contributed by atoms with Crippen LogP contribution in [0.15, 0.2) is 0 Å². The molecule has 0 saturated carbocycles. The Morgan fingerprint density at radius 1 is 0.700 bits per heavy atom. The van der Waals surface area contributed by atoms with Crippen molar-refractivity contribution in [1.29, 1.82) is 0 Å². The second-order valence-corrected chi connectivity index (χ2v) is 6.73. The van der Waals surface area contributed by atoms with Crippen LogP contribution in [-0.2, 0) is 28.6 Å². The fraction of sp³-hybridized carbons (Fsp3) is 1.00. The van der Waals surface area contributed by atoms with Gasteiger partial charge in [0.05, 0.1) is 12.5 Å². The van der Waals surface area contributed by atoms with Crippen LogP contribution in [0, 0.1) is 0 Å². The zero-order valence-electron chi connectivity index (χ0n) is 9.69. The van der Waals surface area contributed by atoms with Crippen molar-refractivity contribution in [2.45, 2.75) is 24.6 Å². The Bertz CT molecular complexity index is 481. The Labute approximate surface area is 109 Å². The van der Waals surface area contributed by atoms with Crippen LogP contribution >= 0.6 is 0 Å². The van der Waals surface area contributed by atoms with E-state index in [4.69, 9.17) is 0 Å². The summed E-state index contributed by atoms with van der Waals surface area (Å²) >= 11 is 0. The van der Waals surface area contributed by atoms with Gasteiger partial charge in [-0.15, -0.1) is 0 Å². The quantitative estimate of drug-likeness (QED) is 0.536. The third kappa shape index (κ3) is 7.25. The second-order valence-electron chi connectivity index (χ2n) is 3.53. The summed E-state index contributed by atoms with van der Waals surface area (Å²) in [5.41, 5.74) is 0. The minimum atomic E-state index is -5.84. The van der Waals surface area contributed by atoms with E-state index in [9.17, 15) is 43.2 Å². The first-order valence-electron chi connectivity index (χ1n) is 4.33. The van der Waals surface area contributed by atoms with E-state index in [-0.39, 0.29) is 12.5 Å². The lowest BCUT2D eigenvalue weighted by Crippen LogP contribution is -2.52. The molecular weight excluding hydrogens is 346 g/mol. The Balaban J connectivity index is 5.78. The van der Waals surface area contributed by atoms with Crippen LogP contribution in [0.2, 0.25) is 0 Å². The molecule has 0 heterocycles. The first kappa shape index (κ1) is 19.4. The van der Waals surface area contributed by atoms with Gasteiger partial charge < -0.3 is 0 Å². The van der Waals surface area contributed by atoms with Crippen LogP contribution in [-0.4, -0.2) is 53.9 Å². The van der Waals surface area contributed by atoms with E-state index in [1.165, 1.54) is 0 Å². The molecule has 0 saturated heterocycles. The van der Waals surface area contributed by atoms with Crippen molar-refractivity contribution in [3.63, 3.8) is 0 Å². The molecule has 0 aromatic carbocycles. The van der Waals surface area contributed by atoms with Crippen molar-refractivity contribution in [2.75, 3.05) is 12.5 Å². The van der Waals surface area contributed by atoms with Gasteiger partial charge in [-0.25, -0.2) is 0 Å². The van der Waals surface area contributed by atoms with Crippen LogP contribution < -0.4 is 0 Å². The molecule has 0 fully saturated rings. The van der Waals surface area contributed by atoms with Gasteiger partial charge >= 0.3 is 12.4 Å². The molecule has 14 heteroatoms. The molecule has 0 radical (unpaired) electrons. The molecule has 6 nitrogen and oxygen atoms in total. The predicted octanol–water partition coefficient (Wildman–Crippen LogP) is 0.801. The molecule has 0 aromatic heterocycles. The zero-order chi connectivity index (χ0) is 16.6. The zero-order valence-corrected chi connectivity index (χ0v) is 11.3. The van der Waals surface area contributed by atoms with E-state index in [0.29, 0.717) is 0 Å². The summed E-state index contributed by atoms with van der Waals surface area (Å²) in [5.74, 6) is 0. The van der Waals surface area contributed by atoms with E-state index < -0.39 is 44.8 Å². The lowest BCUT2D eigenvalue weighted by molar-refractivity contribution is -0.278. The van der Waals surface area contributed by atoms with Crippen molar-refractivity contribution in [2.24, 2.45) is 0 Å². The maximum Gasteiger partial charge on any atom is 0.419 e. The molecule has 0 aromatic rings. The number of hydrogen-bond acceptors (Lipinski definition) is 6. The van der Waals surface area contributed by atoms with Gasteiger partial charge in [-0.3, -0.25) is 8.37 Å². The Kier molecular flexibility index (Phi) is 5.48. The molecule has 0 rings (SSSR count). The number of rotatable bonds is 5. The van der Waals surface area contributed by atoms with Gasteiger partial charge in [-0.1, -0.05) is 0 Å². The van der Waals surface area contributed by atoms with Gasteiger partial charge in [0.25, 0.3) is 20.2 Å². The number of halogens is 6. The molecule has 2 unspecified atom stereocenters. The van der Waals surface area contributed by atoms with Gasteiger partial charge in [0.2, 0.25) is 12.2 Å². The predicted molar refractivity (Wildman–Crippen MR) is 51.5 cm³/mol. The van der Waals surface area contributed by atoms with Gasteiger partial charge in [-0.2, -0.15) is 43.2 Å². The normalized spacial score (nSPS) is 17.8. The van der Waals surface area contributed by atoms with Crippen molar-refractivity contribution >= 4 is 20.2 Å². The largest absolute Gasteiger partial charge is 0.419 e. The number of hydrogen-bond donors (Lipinski definition) is 0. The van der Waals surface area contributed by atoms with E-state index in [0.717, 1.165) is 0 Å².